The number of halogens is 3. The van der Waals surface area contributed by atoms with Crippen LogP contribution in [-0.2, 0) is 10.9 Å². The summed E-state index contributed by atoms with van der Waals surface area (Å²) < 4.78 is 47.0. The largest absolute Gasteiger partial charge is 0.433 e. The van der Waals surface area contributed by atoms with E-state index in [4.69, 9.17) is 4.74 Å². The number of rotatable bonds is 5. The van der Waals surface area contributed by atoms with Crippen LogP contribution in [0, 0.1) is 6.92 Å². The smallest absolute Gasteiger partial charge is 0.379 e. The van der Waals surface area contributed by atoms with Crippen molar-refractivity contribution in [3.8, 4) is 11.3 Å². The first-order valence-corrected chi connectivity index (χ1v) is 9.94. The third kappa shape index (κ3) is 4.70. The summed E-state index contributed by atoms with van der Waals surface area (Å²) in [6, 6.07) is 7.94. The van der Waals surface area contributed by atoms with Crippen LogP contribution in [0.5, 0.6) is 0 Å². The molecule has 0 bridgehead atoms. The maximum atomic E-state index is 13.7. The Balaban J connectivity index is 1.63. The Morgan fingerprint density at radius 2 is 1.90 bits per heavy atom. The predicted octanol–water partition coefficient (Wildman–Crippen LogP) is 2.79. The Morgan fingerprint density at radius 1 is 1.19 bits per heavy atom. The molecule has 31 heavy (non-hydrogen) atoms. The van der Waals surface area contributed by atoms with Crippen LogP contribution >= 0.6 is 0 Å². The fourth-order valence-corrected chi connectivity index (χ4v) is 3.44. The molecule has 1 saturated heterocycles. The van der Waals surface area contributed by atoms with Gasteiger partial charge in [-0.05, 0) is 13.0 Å². The third-order valence-corrected chi connectivity index (χ3v) is 5.17. The fraction of sp³-hybridized carbons (Fsp3) is 0.381. The van der Waals surface area contributed by atoms with Crippen molar-refractivity contribution < 1.29 is 22.7 Å². The number of ether oxygens (including phenoxy) is 1. The van der Waals surface area contributed by atoms with Crippen LogP contribution in [0.15, 0.2) is 36.5 Å². The highest BCUT2D eigenvalue weighted by Gasteiger charge is 2.36. The second-order valence-electron chi connectivity index (χ2n) is 7.39. The quantitative estimate of drug-likeness (QED) is 0.670. The zero-order chi connectivity index (χ0) is 22.0. The first-order chi connectivity index (χ1) is 14.8. The Bertz CT molecular complexity index is 1070. The Labute approximate surface area is 176 Å². The minimum absolute atomic E-state index is 0.00133. The minimum Gasteiger partial charge on any atom is -0.379 e. The maximum Gasteiger partial charge on any atom is 0.433 e. The van der Waals surface area contributed by atoms with E-state index in [0.717, 1.165) is 30.9 Å². The molecule has 0 spiro atoms. The van der Waals surface area contributed by atoms with Crippen molar-refractivity contribution in [3.63, 3.8) is 0 Å². The van der Waals surface area contributed by atoms with Crippen LogP contribution in [0.3, 0.4) is 0 Å². The van der Waals surface area contributed by atoms with Gasteiger partial charge in [-0.3, -0.25) is 9.69 Å². The number of fused-ring (bicyclic) bond motifs is 1. The molecule has 0 atom stereocenters. The second-order valence-corrected chi connectivity index (χ2v) is 7.39. The van der Waals surface area contributed by atoms with Crippen molar-refractivity contribution in [2.24, 2.45) is 0 Å². The summed E-state index contributed by atoms with van der Waals surface area (Å²) in [6.45, 7) is 5.73. The van der Waals surface area contributed by atoms with Crippen molar-refractivity contribution in [3.05, 3.63) is 53.3 Å². The number of benzene rings is 1. The molecule has 1 fully saturated rings. The van der Waals surface area contributed by atoms with Crippen LogP contribution in [-0.4, -0.2) is 64.8 Å². The van der Waals surface area contributed by atoms with Gasteiger partial charge in [0.05, 0.1) is 25.1 Å². The molecule has 10 heteroatoms. The van der Waals surface area contributed by atoms with E-state index in [9.17, 15) is 18.0 Å². The highest BCUT2D eigenvalue weighted by atomic mass is 19.4. The molecule has 0 radical (unpaired) electrons. The molecular formula is C21H22F3N5O2. The normalized spacial score (nSPS) is 15.4. The average molecular weight is 433 g/mol. The summed E-state index contributed by atoms with van der Waals surface area (Å²) in [4.78, 5) is 19.2. The molecule has 164 valence electrons. The van der Waals surface area contributed by atoms with Gasteiger partial charge < -0.3 is 10.1 Å². The number of alkyl halides is 3. The standard InChI is InChI=1S/C21H22F3N5O2/c1-14-2-4-15(5-3-14)17-12-18(21(22,23)24)29-19(27-17)16(13-26-29)20(30)25-6-7-28-8-10-31-11-9-28/h2-5,12-13H,6-11H2,1H3,(H,25,30). The van der Waals surface area contributed by atoms with Crippen molar-refractivity contribution in [2.45, 2.75) is 13.1 Å². The predicted molar refractivity (Wildman–Crippen MR) is 108 cm³/mol. The molecule has 0 saturated carbocycles. The molecule has 1 amide bonds. The molecule has 1 aliphatic heterocycles. The number of hydrogen-bond donors (Lipinski definition) is 1. The molecule has 2 aromatic heterocycles. The van der Waals surface area contributed by atoms with Crippen LogP contribution in [0.2, 0.25) is 0 Å². The number of nitrogens with zero attached hydrogens (tertiary/aromatic N) is 4. The maximum absolute atomic E-state index is 13.7. The molecular weight excluding hydrogens is 411 g/mol. The SMILES string of the molecule is Cc1ccc(-c2cc(C(F)(F)F)n3ncc(C(=O)NCCN4CCOCC4)c3n2)cc1. The first-order valence-electron chi connectivity index (χ1n) is 9.94. The zero-order valence-corrected chi connectivity index (χ0v) is 16.9. The fourth-order valence-electron chi connectivity index (χ4n) is 3.44. The summed E-state index contributed by atoms with van der Waals surface area (Å²) in [6.07, 6.45) is -3.53. The number of amides is 1. The molecule has 0 aliphatic carbocycles. The summed E-state index contributed by atoms with van der Waals surface area (Å²) in [5.41, 5.74) is 0.517. The lowest BCUT2D eigenvalue weighted by Crippen LogP contribution is -2.41. The summed E-state index contributed by atoms with van der Waals surface area (Å²) in [5, 5.41) is 6.55. The van der Waals surface area contributed by atoms with Gasteiger partial charge in [-0.15, -0.1) is 0 Å². The van der Waals surface area contributed by atoms with Crippen molar-refractivity contribution in [2.75, 3.05) is 39.4 Å². The van der Waals surface area contributed by atoms with E-state index in [-0.39, 0.29) is 16.9 Å². The van der Waals surface area contributed by atoms with Crippen molar-refractivity contribution >= 4 is 11.6 Å². The second kappa shape index (κ2) is 8.64. The molecule has 3 aromatic rings. The van der Waals surface area contributed by atoms with Crippen molar-refractivity contribution in [1.29, 1.82) is 0 Å². The molecule has 7 nitrogen and oxygen atoms in total. The summed E-state index contributed by atoms with van der Waals surface area (Å²) in [5.74, 6) is -0.509. The van der Waals surface area contributed by atoms with Gasteiger partial charge in [0.15, 0.2) is 11.3 Å². The molecule has 1 N–H and O–H groups in total. The van der Waals surface area contributed by atoms with Crippen molar-refractivity contribution in [1.82, 2.24) is 24.8 Å². The van der Waals surface area contributed by atoms with Gasteiger partial charge in [-0.25, -0.2) is 9.50 Å². The Hall–Kier alpha value is -2.98. The van der Waals surface area contributed by atoms with Gasteiger partial charge in [-0.1, -0.05) is 29.8 Å². The molecule has 3 heterocycles. The van der Waals surface area contributed by atoms with Gasteiger partial charge >= 0.3 is 6.18 Å². The van der Waals surface area contributed by atoms with Crippen LogP contribution < -0.4 is 5.32 Å². The van der Waals surface area contributed by atoms with Crippen LogP contribution in [0.4, 0.5) is 13.2 Å². The molecule has 0 unspecified atom stereocenters. The first kappa shape index (κ1) is 21.3. The lowest BCUT2D eigenvalue weighted by molar-refractivity contribution is -0.142. The van der Waals surface area contributed by atoms with Gasteiger partial charge in [0.2, 0.25) is 0 Å². The molecule has 4 rings (SSSR count). The molecule has 1 aromatic carbocycles. The number of hydrogen-bond acceptors (Lipinski definition) is 5. The van der Waals surface area contributed by atoms with Crippen LogP contribution in [0.1, 0.15) is 21.6 Å². The topological polar surface area (TPSA) is 71.8 Å². The minimum atomic E-state index is -4.66. The van der Waals surface area contributed by atoms with E-state index in [1.165, 1.54) is 0 Å². The lowest BCUT2D eigenvalue weighted by Gasteiger charge is -2.26. The summed E-state index contributed by atoms with van der Waals surface area (Å²) in [7, 11) is 0. The van der Waals surface area contributed by atoms with Gasteiger partial charge in [0.1, 0.15) is 5.56 Å². The number of morpholine rings is 1. The molecule has 1 aliphatic rings. The number of aryl methyl sites for hydroxylation is 1. The number of nitrogens with one attached hydrogen (secondary N) is 1. The number of aromatic nitrogens is 3. The highest BCUT2D eigenvalue weighted by molar-refractivity contribution is 5.99. The van der Waals surface area contributed by atoms with E-state index in [2.05, 4.69) is 20.3 Å². The highest BCUT2D eigenvalue weighted by Crippen LogP contribution is 2.32. The number of carbonyl (C=O) groups excluding carboxylic acids is 1. The lowest BCUT2D eigenvalue weighted by atomic mass is 10.1. The monoisotopic (exact) mass is 433 g/mol. The number of carbonyl (C=O) groups is 1. The van der Waals surface area contributed by atoms with E-state index in [1.54, 1.807) is 24.3 Å². The van der Waals surface area contributed by atoms with E-state index in [0.29, 0.717) is 36.4 Å². The Kier molecular flexibility index (Phi) is 5.92. The van der Waals surface area contributed by atoms with E-state index in [1.807, 2.05) is 6.92 Å². The van der Waals surface area contributed by atoms with E-state index >= 15 is 0 Å². The van der Waals surface area contributed by atoms with E-state index < -0.39 is 17.8 Å². The third-order valence-electron chi connectivity index (χ3n) is 5.17. The summed E-state index contributed by atoms with van der Waals surface area (Å²) >= 11 is 0. The van der Waals surface area contributed by atoms with Crippen LogP contribution in [0.25, 0.3) is 16.9 Å². The van der Waals surface area contributed by atoms with Gasteiger partial charge in [-0.2, -0.15) is 18.3 Å². The van der Waals surface area contributed by atoms with Gasteiger partial charge in [0.25, 0.3) is 5.91 Å². The Morgan fingerprint density at radius 3 is 2.58 bits per heavy atom. The van der Waals surface area contributed by atoms with Gasteiger partial charge in [0, 0.05) is 31.7 Å². The average Bonchev–Trinajstić information content (AvgIpc) is 3.17. The zero-order valence-electron chi connectivity index (χ0n) is 16.9.